The average molecular weight is 454 g/mol. The minimum atomic E-state index is -0.713. The number of amides is 2. The minimum absolute atomic E-state index is 0.0141. The monoisotopic (exact) mass is 454 g/mol. The highest BCUT2D eigenvalue weighted by atomic mass is 19.1. The number of hydrogen-bond acceptors (Lipinski definition) is 7. The van der Waals surface area contributed by atoms with E-state index in [1.165, 1.54) is 13.0 Å². The number of carbonyl (C=O) groups is 2. The fraction of sp³-hybridized carbons (Fsp3) is 0.273. The van der Waals surface area contributed by atoms with Crippen LogP contribution in [0.5, 0.6) is 5.75 Å². The Bertz CT molecular complexity index is 1140. The molecule has 0 radical (unpaired) electrons. The van der Waals surface area contributed by atoms with Gasteiger partial charge in [-0.3, -0.25) is 9.69 Å². The summed E-state index contributed by atoms with van der Waals surface area (Å²) in [6.45, 7) is 2.74. The second kappa shape index (κ2) is 9.65. The number of phenols is 1. The molecular weight excluding hydrogens is 431 g/mol. The summed E-state index contributed by atoms with van der Waals surface area (Å²) in [5, 5.41) is 26.6. The lowest BCUT2D eigenvalue weighted by atomic mass is 10.0. The minimum Gasteiger partial charge on any atom is -0.506 e. The Labute approximate surface area is 188 Å². The van der Waals surface area contributed by atoms with Crippen LogP contribution in [0.25, 0.3) is 11.1 Å². The number of hydrogen-bond donors (Lipinski definition) is 4. The molecule has 1 atom stereocenters. The van der Waals surface area contributed by atoms with E-state index in [-0.39, 0.29) is 36.0 Å². The Morgan fingerprint density at radius 3 is 2.79 bits per heavy atom. The molecule has 11 heteroatoms. The van der Waals surface area contributed by atoms with Crippen LogP contribution < -0.4 is 15.5 Å². The van der Waals surface area contributed by atoms with Gasteiger partial charge in [-0.05, 0) is 17.2 Å². The summed E-state index contributed by atoms with van der Waals surface area (Å²) < 4.78 is 20.1. The van der Waals surface area contributed by atoms with Gasteiger partial charge >= 0.3 is 6.09 Å². The van der Waals surface area contributed by atoms with Crippen LogP contribution in [-0.2, 0) is 22.6 Å². The SMILES string of the molecule is CC(=O)NC[C@H]1CN(c2cc(F)c(-c3ccc(CNCc4cn[nH]n4)cc3)cc2O)C(=O)O1. The molecule has 2 amide bonds. The van der Waals surface area contributed by atoms with Gasteiger partial charge in [0.05, 0.1) is 30.7 Å². The van der Waals surface area contributed by atoms with Crippen LogP contribution in [0.4, 0.5) is 14.9 Å². The van der Waals surface area contributed by atoms with Gasteiger partial charge in [0.1, 0.15) is 17.7 Å². The zero-order valence-corrected chi connectivity index (χ0v) is 17.8. The number of nitrogens with zero attached hydrogens (tertiary/aromatic N) is 3. The highest BCUT2D eigenvalue weighted by molar-refractivity contribution is 5.92. The summed E-state index contributed by atoms with van der Waals surface area (Å²) in [6.07, 6.45) is 0.337. The molecule has 4 rings (SSSR count). The Balaban J connectivity index is 1.43. The lowest BCUT2D eigenvalue weighted by Gasteiger charge is -2.16. The van der Waals surface area contributed by atoms with E-state index < -0.39 is 18.0 Å². The van der Waals surface area contributed by atoms with Gasteiger partial charge in [-0.2, -0.15) is 15.4 Å². The van der Waals surface area contributed by atoms with Crippen molar-refractivity contribution in [2.75, 3.05) is 18.0 Å². The van der Waals surface area contributed by atoms with Crippen LogP contribution in [0.1, 0.15) is 18.2 Å². The van der Waals surface area contributed by atoms with E-state index in [4.69, 9.17) is 4.74 Å². The van der Waals surface area contributed by atoms with Crippen molar-refractivity contribution in [2.45, 2.75) is 26.1 Å². The molecule has 1 aliphatic rings. The standard InChI is InChI=1S/C22H23FN6O4/c1-13(30)25-11-17-12-29(22(32)33-17)20-7-19(23)18(6-21(20)31)15-4-2-14(3-5-15)8-24-9-16-10-26-28-27-16/h2-7,10,17,24,31H,8-9,11-12H2,1H3,(H,25,30)(H,26,27,28)/t17-/m0/s1. The Morgan fingerprint density at radius 1 is 1.30 bits per heavy atom. The van der Waals surface area contributed by atoms with Crippen molar-refractivity contribution in [1.29, 1.82) is 0 Å². The molecule has 3 aromatic rings. The van der Waals surface area contributed by atoms with Crippen LogP contribution >= 0.6 is 0 Å². The summed E-state index contributed by atoms with van der Waals surface area (Å²) in [6, 6.07) is 9.65. The number of H-pyrrole nitrogens is 1. The molecule has 4 N–H and O–H groups in total. The van der Waals surface area contributed by atoms with Crippen molar-refractivity contribution in [1.82, 2.24) is 26.0 Å². The first-order valence-electron chi connectivity index (χ1n) is 10.3. The molecule has 1 aliphatic heterocycles. The lowest BCUT2D eigenvalue weighted by Crippen LogP contribution is -2.33. The van der Waals surface area contributed by atoms with E-state index >= 15 is 0 Å². The second-order valence-electron chi connectivity index (χ2n) is 7.64. The first-order chi connectivity index (χ1) is 15.9. The number of aromatic hydroxyl groups is 1. The maximum absolute atomic E-state index is 14.9. The van der Waals surface area contributed by atoms with Crippen LogP contribution in [-0.4, -0.2) is 51.7 Å². The van der Waals surface area contributed by atoms with Gasteiger partial charge in [-0.25, -0.2) is 9.18 Å². The number of nitrogens with one attached hydrogen (secondary N) is 3. The number of aromatic nitrogens is 3. The van der Waals surface area contributed by atoms with E-state index in [0.29, 0.717) is 18.7 Å². The first kappa shape index (κ1) is 22.2. The summed E-state index contributed by atoms with van der Waals surface area (Å²) in [5.74, 6) is -1.08. The number of aromatic amines is 1. The fourth-order valence-corrected chi connectivity index (χ4v) is 3.52. The number of halogens is 1. The van der Waals surface area contributed by atoms with Gasteiger partial charge in [-0.1, -0.05) is 24.3 Å². The van der Waals surface area contributed by atoms with Crippen LogP contribution in [0, 0.1) is 5.82 Å². The van der Waals surface area contributed by atoms with E-state index in [1.54, 1.807) is 18.3 Å². The number of cyclic esters (lactones) is 1. The van der Waals surface area contributed by atoms with Crippen LogP contribution in [0.2, 0.25) is 0 Å². The van der Waals surface area contributed by atoms with Crippen molar-refractivity contribution in [2.24, 2.45) is 0 Å². The molecule has 0 aliphatic carbocycles. The van der Waals surface area contributed by atoms with Crippen LogP contribution in [0.3, 0.4) is 0 Å². The van der Waals surface area contributed by atoms with Crippen molar-refractivity contribution in [3.63, 3.8) is 0 Å². The first-order valence-corrected chi connectivity index (χ1v) is 10.3. The fourth-order valence-electron chi connectivity index (χ4n) is 3.52. The molecule has 0 saturated carbocycles. The van der Waals surface area contributed by atoms with Gasteiger partial charge in [0.25, 0.3) is 0 Å². The van der Waals surface area contributed by atoms with Gasteiger partial charge in [0.2, 0.25) is 5.91 Å². The number of benzene rings is 2. The van der Waals surface area contributed by atoms with E-state index in [0.717, 1.165) is 22.2 Å². The molecule has 0 spiro atoms. The largest absolute Gasteiger partial charge is 0.506 e. The molecule has 2 aromatic carbocycles. The molecule has 0 bridgehead atoms. The Morgan fingerprint density at radius 2 is 2.09 bits per heavy atom. The van der Waals surface area contributed by atoms with Gasteiger partial charge in [0.15, 0.2) is 0 Å². The third kappa shape index (κ3) is 5.26. The van der Waals surface area contributed by atoms with Crippen molar-refractivity contribution < 1.29 is 23.8 Å². The predicted octanol–water partition coefficient (Wildman–Crippen LogP) is 2.07. The number of rotatable bonds is 8. The summed E-state index contributed by atoms with van der Waals surface area (Å²) >= 11 is 0. The van der Waals surface area contributed by atoms with Gasteiger partial charge in [0, 0.05) is 31.6 Å². The number of anilines is 1. The molecule has 1 aromatic heterocycles. The highest BCUT2D eigenvalue weighted by Crippen LogP contribution is 2.36. The molecule has 1 saturated heterocycles. The smallest absolute Gasteiger partial charge is 0.414 e. The summed E-state index contributed by atoms with van der Waals surface area (Å²) in [7, 11) is 0. The lowest BCUT2D eigenvalue weighted by molar-refractivity contribution is -0.119. The topological polar surface area (TPSA) is 132 Å². The van der Waals surface area contributed by atoms with Crippen molar-refractivity contribution >= 4 is 17.7 Å². The summed E-state index contributed by atoms with van der Waals surface area (Å²) in [5.41, 5.74) is 2.60. The highest BCUT2D eigenvalue weighted by Gasteiger charge is 2.34. The summed E-state index contributed by atoms with van der Waals surface area (Å²) in [4.78, 5) is 24.4. The molecule has 33 heavy (non-hydrogen) atoms. The third-order valence-electron chi connectivity index (χ3n) is 5.17. The number of ether oxygens (including phenoxy) is 1. The van der Waals surface area contributed by atoms with Crippen molar-refractivity contribution in [3.05, 3.63) is 59.7 Å². The second-order valence-corrected chi connectivity index (χ2v) is 7.64. The van der Waals surface area contributed by atoms with E-state index in [1.807, 2.05) is 12.1 Å². The predicted molar refractivity (Wildman–Crippen MR) is 117 cm³/mol. The molecule has 0 unspecified atom stereocenters. The normalized spacial score (nSPS) is 15.5. The Kier molecular flexibility index (Phi) is 6.50. The average Bonchev–Trinajstić information content (AvgIpc) is 3.44. The van der Waals surface area contributed by atoms with Gasteiger partial charge in [-0.15, -0.1) is 0 Å². The number of phenolic OH excluding ortho intramolecular Hbond substituents is 1. The van der Waals surface area contributed by atoms with E-state index in [2.05, 4.69) is 26.0 Å². The number of carbonyl (C=O) groups excluding carboxylic acids is 2. The zero-order valence-electron chi connectivity index (χ0n) is 17.8. The van der Waals surface area contributed by atoms with Gasteiger partial charge < -0.3 is 20.5 Å². The maximum Gasteiger partial charge on any atom is 0.414 e. The van der Waals surface area contributed by atoms with Crippen molar-refractivity contribution in [3.8, 4) is 16.9 Å². The molecule has 172 valence electrons. The van der Waals surface area contributed by atoms with Crippen LogP contribution in [0.15, 0.2) is 42.6 Å². The maximum atomic E-state index is 14.9. The molecular formula is C22H23FN6O4. The molecule has 1 fully saturated rings. The molecule has 2 heterocycles. The van der Waals surface area contributed by atoms with E-state index in [9.17, 15) is 19.1 Å². The zero-order chi connectivity index (χ0) is 23.4. The Hall–Kier alpha value is -3.99. The molecule has 10 nitrogen and oxygen atoms in total. The quantitative estimate of drug-likeness (QED) is 0.410. The third-order valence-corrected chi connectivity index (χ3v) is 5.17.